The highest BCUT2D eigenvalue weighted by molar-refractivity contribution is 14.1. The highest BCUT2D eigenvalue weighted by Crippen LogP contribution is 2.27. The highest BCUT2D eigenvalue weighted by atomic mass is 127. The molecule has 1 aromatic rings. The number of nitrogens with zero attached hydrogens (tertiary/aromatic N) is 1. The molecule has 1 aromatic carbocycles. The molecule has 0 radical (unpaired) electrons. The molecule has 1 N–H and O–H groups in total. The summed E-state index contributed by atoms with van der Waals surface area (Å²) < 4.78 is 1.16. The molecule has 3 heteroatoms. The maximum atomic E-state index is 9.32. The predicted molar refractivity (Wildman–Crippen MR) is 73.8 cm³/mol. The van der Waals surface area contributed by atoms with Crippen LogP contribution in [0.5, 0.6) is 0 Å². The average molecular weight is 324 g/mol. The lowest BCUT2D eigenvalue weighted by atomic mass is 9.95. The monoisotopic (exact) mass is 324 g/mol. The third kappa shape index (κ3) is 2.45. The van der Waals surface area contributed by atoms with Gasteiger partial charge in [0.1, 0.15) is 0 Å². The molecule has 0 bridgehead atoms. The summed E-state index contributed by atoms with van der Waals surface area (Å²) >= 11 is 2.29. The number of halogens is 1. The summed E-state index contributed by atoms with van der Waals surface area (Å²) in [5.41, 5.74) is 3.26. The van der Waals surface area contributed by atoms with Crippen molar-refractivity contribution in [3.63, 3.8) is 0 Å². The Morgan fingerprint density at radius 1 is 1.25 bits per heavy atom. The molecule has 1 saturated heterocycles. The normalized spacial score (nSPS) is 15.6. The zero-order chi connectivity index (χ0) is 11.4. The van der Waals surface area contributed by atoms with E-state index in [0.717, 1.165) is 40.6 Å². The van der Waals surface area contributed by atoms with Gasteiger partial charge in [-0.2, -0.15) is 5.26 Å². The number of hydrogen-bond donors (Lipinski definition) is 1. The molecule has 1 aliphatic heterocycles. The van der Waals surface area contributed by atoms with E-state index >= 15 is 0 Å². The van der Waals surface area contributed by atoms with E-state index in [0.29, 0.717) is 0 Å². The van der Waals surface area contributed by atoms with Crippen LogP contribution in [0.3, 0.4) is 0 Å². The maximum absolute atomic E-state index is 9.32. The van der Waals surface area contributed by atoms with Gasteiger partial charge in [-0.15, -0.1) is 0 Å². The van der Waals surface area contributed by atoms with E-state index < -0.39 is 0 Å². The third-order valence-corrected chi connectivity index (χ3v) is 3.76. The lowest BCUT2D eigenvalue weighted by Crippen LogP contribution is -2.23. The Bertz CT molecular complexity index is 449. The molecule has 0 amide bonds. The van der Waals surface area contributed by atoms with Crippen molar-refractivity contribution in [1.82, 2.24) is 5.32 Å². The number of allylic oxidation sites excluding steroid dienone is 1. The second kappa shape index (κ2) is 5.46. The summed E-state index contributed by atoms with van der Waals surface area (Å²) in [7, 11) is 0. The van der Waals surface area contributed by atoms with E-state index in [1.807, 2.05) is 18.2 Å². The number of rotatable bonds is 1. The van der Waals surface area contributed by atoms with E-state index in [4.69, 9.17) is 0 Å². The van der Waals surface area contributed by atoms with Gasteiger partial charge in [0.2, 0.25) is 0 Å². The number of nitriles is 1. The van der Waals surface area contributed by atoms with E-state index in [1.165, 1.54) is 5.57 Å². The second-order valence-electron chi connectivity index (χ2n) is 3.82. The van der Waals surface area contributed by atoms with Crippen LogP contribution >= 0.6 is 22.6 Å². The first-order valence-corrected chi connectivity index (χ1v) is 6.48. The van der Waals surface area contributed by atoms with Crippen LogP contribution in [0.15, 0.2) is 29.8 Å². The molecule has 0 aromatic heterocycles. The van der Waals surface area contributed by atoms with E-state index in [2.05, 4.69) is 40.0 Å². The summed E-state index contributed by atoms with van der Waals surface area (Å²) in [6, 6.07) is 10.5. The average Bonchev–Trinajstić information content (AvgIpc) is 2.34. The first-order chi connectivity index (χ1) is 7.83. The molecule has 0 unspecified atom stereocenters. The molecule has 0 saturated carbocycles. The van der Waals surface area contributed by atoms with Gasteiger partial charge >= 0.3 is 0 Å². The van der Waals surface area contributed by atoms with Crippen molar-refractivity contribution < 1.29 is 0 Å². The maximum Gasteiger partial charge on any atom is 0.0997 e. The largest absolute Gasteiger partial charge is 0.316 e. The molecule has 0 atom stereocenters. The van der Waals surface area contributed by atoms with Crippen LogP contribution in [-0.2, 0) is 0 Å². The SMILES string of the molecule is N#CC(=C1CCNCC1)c1ccccc1I. The minimum Gasteiger partial charge on any atom is -0.316 e. The van der Waals surface area contributed by atoms with Gasteiger partial charge in [-0.3, -0.25) is 0 Å². The fraction of sp³-hybridized carbons (Fsp3) is 0.308. The zero-order valence-corrected chi connectivity index (χ0v) is 11.1. The number of hydrogen-bond acceptors (Lipinski definition) is 2. The van der Waals surface area contributed by atoms with Crippen molar-refractivity contribution in [3.8, 4) is 6.07 Å². The minimum atomic E-state index is 0.881. The summed E-state index contributed by atoms with van der Waals surface area (Å²) in [4.78, 5) is 0. The first-order valence-electron chi connectivity index (χ1n) is 5.40. The van der Waals surface area contributed by atoms with Crippen molar-refractivity contribution in [2.75, 3.05) is 13.1 Å². The second-order valence-corrected chi connectivity index (χ2v) is 4.98. The van der Waals surface area contributed by atoms with Crippen molar-refractivity contribution in [3.05, 3.63) is 39.0 Å². The molecule has 2 nitrogen and oxygen atoms in total. The molecule has 82 valence electrons. The summed E-state index contributed by atoms with van der Waals surface area (Å²) in [6.45, 7) is 1.98. The van der Waals surface area contributed by atoms with Gasteiger partial charge in [0, 0.05) is 9.13 Å². The van der Waals surface area contributed by atoms with Crippen molar-refractivity contribution in [1.29, 1.82) is 5.26 Å². The van der Waals surface area contributed by atoms with E-state index in [9.17, 15) is 5.26 Å². The molecule has 1 fully saturated rings. The summed E-state index contributed by atoms with van der Waals surface area (Å²) in [5.74, 6) is 0. The van der Waals surface area contributed by atoms with Gasteiger partial charge in [0.05, 0.1) is 11.6 Å². The molecule has 2 rings (SSSR count). The van der Waals surface area contributed by atoms with E-state index in [-0.39, 0.29) is 0 Å². The summed E-state index contributed by atoms with van der Waals surface area (Å²) in [6.07, 6.45) is 1.99. The fourth-order valence-electron chi connectivity index (χ4n) is 1.97. The van der Waals surface area contributed by atoms with Crippen LogP contribution in [0.1, 0.15) is 18.4 Å². The lowest BCUT2D eigenvalue weighted by molar-refractivity contribution is 0.612. The Morgan fingerprint density at radius 3 is 2.56 bits per heavy atom. The quantitative estimate of drug-likeness (QED) is 0.637. The van der Waals surface area contributed by atoms with Gasteiger partial charge < -0.3 is 5.32 Å². The van der Waals surface area contributed by atoms with Crippen LogP contribution in [0.2, 0.25) is 0 Å². The fourth-order valence-corrected chi connectivity index (χ4v) is 2.63. The van der Waals surface area contributed by atoms with Gasteiger partial charge in [-0.05, 0) is 60.2 Å². The van der Waals surface area contributed by atoms with Crippen LogP contribution in [0.25, 0.3) is 5.57 Å². The zero-order valence-electron chi connectivity index (χ0n) is 8.96. The van der Waals surface area contributed by atoms with Crippen LogP contribution < -0.4 is 5.32 Å². The van der Waals surface area contributed by atoms with Crippen molar-refractivity contribution in [2.45, 2.75) is 12.8 Å². The standard InChI is InChI=1S/C13H13IN2/c14-13-4-2-1-3-11(13)12(9-15)10-5-7-16-8-6-10/h1-4,16H,5-8H2. The molecule has 0 aliphatic carbocycles. The Kier molecular flexibility index (Phi) is 3.97. The Balaban J connectivity index is 2.43. The minimum absolute atomic E-state index is 0.881. The number of benzene rings is 1. The van der Waals surface area contributed by atoms with E-state index in [1.54, 1.807) is 0 Å². The van der Waals surface area contributed by atoms with Gasteiger partial charge in [0.15, 0.2) is 0 Å². The van der Waals surface area contributed by atoms with Crippen molar-refractivity contribution in [2.24, 2.45) is 0 Å². The summed E-state index contributed by atoms with van der Waals surface area (Å²) in [5, 5.41) is 12.6. The molecule has 16 heavy (non-hydrogen) atoms. The molecular weight excluding hydrogens is 311 g/mol. The lowest BCUT2D eigenvalue weighted by Gasteiger charge is -2.17. The molecule has 0 spiro atoms. The van der Waals surface area contributed by atoms with Crippen LogP contribution in [0, 0.1) is 14.9 Å². The molecular formula is C13H13IN2. The number of nitrogens with one attached hydrogen (secondary N) is 1. The third-order valence-electron chi connectivity index (χ3n) is 2.82. The topological polar surface area (TPSA) is 35.8 Å². The molecule has 1 aliphatic rings. The Hall–Kier alpha value is -0.860. The predicted octanol–water partition coefficient (Wildman–Crippen LogP) is 2.95. The van der Waals surface area contributed by atoms with Crippen molar-refractivity contribution >= 4 is 28.2 Å². The highest BCUT2D eigenvalue weighted by Gasteiger charge is 2.13. The van der Waals surface area contributed by atoms with Crippen LogP contribution in [0.4, 0.5) is 0 Å². The van der Waals surface area contributed by atoms with Crippen LogP contribution in [-0.4, -0.2) is 13.1 Å². The van der Waals surface area contributed by atoms with Gasteiger partial charge in [-0.1, -0.05) is 18.2 Å². The molecule has 1 heterocycles. The van der Waals surface area contributed by atoms with Gasteiger partial charge in [0.25, 0.3) is 0 Å². The van der Waals surface area contributed by atoms with Gasteiger partial charge in [-0.25, -0.2) is 0 Å². The Morgan fingerprint density at radius 2 is 1.94 bits per heavy atom. The smallest absolute Gasteiger partial charge is 0.0997 e. The Labute approximate surface area is 109 Å². The number of piperidine rings is 1. The first kappa shape index (κ1) is 11.6.